The van der Waals surface area contributed by atoms with Gasteiger partial charge in [-0.1, -0.05) is 0 Å². The minimum Gasteiger partial charge on any atom is -0.493 e. The van der Waals surface area contributed by atoms with E-state index in [4.69, 9.17) is 24.3 Å². The molecule has 0 aliphatic heterocycles. The summed E-state index contributed by atoms with van der Waals surface area (Å²) in [6.45, 7) is 3.59. The second kappa shape index (κ2) is 7.75. The summed E-state index contributed by atoms with van der Waals surface area (Å²) in [4.78, 5) is 0. The molecule has 0 saturated heterocycles. The Balaban J connectivity index is 3.27. The summed E-state index contributed by atoms with van der Waals surface area (Å²) < 4.78 is 47.2. The fourth-order valence-electron chi connectivity index (χ4n) is 1.82. The number of methoxy groups -OCH3 is 2. The van der Waals surface area contributed by atoms with E-state index in [0.717, 1.165) is 6.07 Å². The second-order valence-corrected chi connectivity index (χ2v) is 6.20. The second-order valence-electron chi connectivity index (χ2n) is 4.05. The van der Waals surface area contributed by atoms with Crippen LogP contribution in [0.1, 0.15) is 25.2 Å². The highest BCUT2D eigenvalue weighted by Gasteiger charge is 2.36. The van der Waals surface area contributed by atoms with E-state index < -0.39 is 19.2 Å². The molecule has 0 amide bonds. The average Bonchev–Trinajstić information content (AvgIpc) is 2.46. The van der Waals surface area contributed by atoms with Crippen LogP contribution < -0.4 is 15.2 Å². The standard InChI is InChI=1S/C13H21FNO5P/c1-5-19-21(16,20-6-2)13(15)9-7-11(17-3)12(18-4)8-10(9)14/h7-8,13H,5-6,15H2,1-4H3/t13-/m1/s1. The lowest BCUT2D eigenvalue weighted by atomic mass is 10.2. The molecule has 1 atom stereocenters. The van der Waals surface area contributed by atoms with Gasteiger partial charge in [-0.05, 0) is 19.9 Å². The zero-order valence-corrected chi connectivity index (χ0v) is 13.5. The van der Waals surface area contributed by atoms with Crippen LogP contribution in [0.15, 0.2) is 12.1 Å². The van der Waals surface area contributed by atoms with Crippen LogP contribution in [-0.4, -0.2) is 27.4 Å². The van der Waals surface area contributed by atoms with E-state index in [-0.39, 0.29) is 30.3 Å². The quantitative estimate of drug-likeness (QED) is 0.741. The molecule has 0 unspecified atom stereocenters. The van der Waals surface area contributed by atoms with Crippen molar-refractivity contribution < 1.29 is 27.5 Å². The number of benzene rings is 1. The Bertz CT molecular complexity index is 516. The van der Waals surface area contributed by atoms with Crippen molar-refractivity contribution in [1.29, 1.82) is 0 Å². The minimum atomic E-state index is -3.67. The zero-order chi connectivity index (χ0) is 16.0. The predicted molar refractivity (Wildman–Crippen MR) is 77.3 cm³/mol. The van der Waals surface area contributed by atoms with Crippen molar-refractivity contribution in [3.63, 3.8) is 0 Å². The van der Waals surface area contributed by atoms with E-state index in [1.165, 1.54) is 20.3 Å². The van der Waals surface area contributed by atoms with E-state index in [9.17, 15) is 8.96 Å². The molecule has 0 radical (unpaired) electrons. The fraction of sp³-hybridized carbons (Fsp3) is 0.538. The average molecular weight is 321 g/mol. The molecule has 0 aromatic heterocycles. The summed E-state index contributed by atoms with van der Waals surface area (Å²) in [5, 5.41) is 0. The molecular formula is C13H21FNO5P. The number of nitrogens with two attached hydrogens (primary N) is 1. The number of ether oxygens (including phenoxy) is 2. The third kappa shape index (κ3) is 3.95. The van der Waals surface area contributed by atoms with Crippen molar-refractivity contribution in [1.82, 2.24) is 0 Å². The van der Waals surface area contributed by atoms with Gasteiger partial charge in [0, 0.05) is 11.6 Å². The van der Waals surface area contributed by atoms with Crippen LogP contribution in [0.5, 0.6) is 11.5 Å². The number of hydrogen-bond donors (Lipinski definition) is 1. The lowest BCUT2D eigenvalue weighted by Crippen LogP contribution is -2.16. The Morgan fingerprint density at radius 3 is 2.05 bits per heavy atom. The summed E-state index contributed by atoms with van der Waals surface area (Å²) in [6, 6.07) is 2.46. The van der Waals surface area contributed by atoms with Gasteiger partial charge in [0.1, 0.15) is 11.6 Å². The topological polar surface area (TPSA) is 80.0 Å². The zero-order valence-electron chi connectivity index (χ0n) is 12.6. The highest BCUT2D eigenvalue weighted by molar-refractivity contribution is 7.54. The predicted octanol–water partition coefficient (Wildman–Crippen LogP) is 3.07. The van der Waals surface area contributed by atoms with Crippen molar-refractivity contribution in [3.05, 3.63) is 23.5 Å². The molecule has 21 heavy (non-hydrogen) atoms. The smallest absolute Gasteiger partial charge is 0.351 e. The maximum absolute atomic E-state index is 14.2. The van der Waals surface area contributed by atoms with Gasteiger partial charge in [-0.15, -0.1) is 0 Å². The van der Waals surface area contributed by atoms with Gasteiger partial charge in [0.05, 0.1) is 27.4 Å². The first-order valence-corrected chi connectivity index (χ1v) is 8.10. The van der Waals surface area contributed by atoms with E-state index in [1.54, 1.807) is 13.8 Å². The largest absolute Gasteiger partial charge is 0.493 e. The lowest BCUT2D eigenvalue weighted by molar-refractivity contribution is 0.211. The number of hydrogen-bond acceptors (Lipinski definition) is 6. The van der Waals surface area contributed by atoms with Gasteiger partial charge in [0.25, 0.3) is 0 Å². The summed E-state index contributed by atoms with van der Waals surface area (Å²) in [6.07, 6.45) is 0. The van der Waals surface area contributed by atoms with E-state index in [1.807, 2.05) is 0 Å². The highest BCUT2D eigenvalue weighted by atomic mass is 31.2. The number of halogens is 1. The Morgan fingerprint density at radius 2 is 1.62 bits per heavy atom. The molecule has 1 rings (SSSR count). The third-order valence-corrected chi connectivity index (χ3v) is 4.98. The molecule has 1 aromatic carbocycles. The molecule has 0 saturated carbocycles. The maximum Gasteiger partial charge on any atom is 0.351 e. The molecule has 8 heteroatoms. The molecule has 0 fully saturated rings. The van der Waals surface area contributed by atoms with Gasteiger partial charge in [-0.25, -0.2) is 4.39 Å². The molecular weight excluding hydrogens is 300 g/mol. The van der Waals surface area contributed by atoms with Crippen LogP contribution in [0.3, 0.4) is 0 Å². The van der Waals surface area contributed by atoms with Crippen LogP contribution in [-0.2, 0) is 13.6 Å². The van der Waals surface area contributed by atoms with Crippen molar-refractivity contribution in [2.75, 3.05) is 27.4 Å². The molecule has 0 heterocycles. The number of rotatable bonds is 8. The molecule has 120 valence electrons. The molecule has 0 spiro atoms. The molecule has 1 aromatic rings. The van der Waals surface area contributed by atoms with Gasteiger partial charge in [0.15, 0.2) is 11.5 Å². The Labute approximate surface area is 123 Å². The van der Waals surface area contributed by atoms with Crippen molar-refractivity contribution in [2.24, 2.45) is 5.73 Å². The molecule has 6 nitrogen and oxygen atoms in total. The third-order valence-electron chi connectivity index (χ3n) is 2.78. The van der Waals surface area contributed by atoms with Gasteiger partial charge >= 0.3 is 7.60 Å². The SMILES string of the molecule is CCOP(=O)(OCC)[C@@H](N)c1cc(OC)c(OC)cc1F. The van der Waals surface area contributed by atoms with Gasteiger partial charge in [0.2, 0.25) is 0 Å². The first kappa shape index (κ1) is 17.9. The van der Waals surface area contributed by atoms with E-state index in [2.05, 4.69) is 0 Å². The minimum absolute atomic E-state index is 0.0158. The van der Waals surface area contributed by atoms with Crippen LogP contribution in [0.2, 0.25) is 0 Å². The molecule has 2 N–H and O–H groups in total. The maximum atomic E-state index is 14.2. The van der Waals surface area contributed by atoms with Crippen molar-refractivity contribution >= 4 is 7.60 Å². The van der Waals surface area contributed by atoms with Gasteiger partial charge < -0.3 is 24.3 Å². The first-order chi connectivity index (χ1) is 9.93. The fourth-order valence-corrected chi connectivity index (χ4v) is 3.48. The summed E-state index contributed by atoms with van der Waals surface area (Å²) in [5.41, 5.74) is 5.90. The van der Waals surface area contributed by atoms with Crippen LogP contribution in [0.25, 0.3) is 0 Å². The summed E-state index contributed by atoms with van der Waals surface area (Å²) in [5.74, 6) is -1.42. The normalized spacial score (nSPS) is 13.0. The van der Waals surface area contributed by atoms with Gasteiger partial charge in [-0.2, -0.15) is 0 Å². The molecule has 0 bridgehead atoms. The van der Waals surface area contributed by atoms with Crippen LogP contribution in [0, 0.1) is 5.82 Å². The van der Waals surface area contributed by atoms with E-state index in [0.29, 0.717) is 0 Å². The van der Waals surface area contributed by atoms with Crippen molar-refractivity contribution in [2.45, 2.75) is 19.6 Å². The lowest BCUT2D eigenvalue weighted by Gasteiger charge is -2.24. The Morgan fingerprint density at radius 1 is 1.14 bits per heavy atom. The Kier molecular flexibility index (Phi) is 6.61. The van der Waals surface area contributed by atoms with Gasteiger partial charge in [-0.3, -0.25) is 4.57 Å². The highest BCUT2D eigenvalue weighted by Crippen LogP contribution is 2.59. The van der Waals surface area contributed by atoms with Crippen molar-refractivity contribution in [3.8, 4) is 11.5 Å². The summed E-state index contributed by atoms with van der Waals surface area (Å²) >= 11 is 0. The van der Waals surface area contributed by atoms with E-state index >= 15 is 0 Å². The Hall–Kier alpha value is -1.14. The summed E-state index contributed by atoms with van der Waals surface area (Å²) in [7, 11) is -0.868. The monoisotopic (exact) mass is 321 g/mol. The van der Waals surface area contributed by atoms with Crippen LogP contribution >= 0.6 is 7.60 Å². The first-order valence-electron chi connectivity index (χ1n) is 6.49. The van der Waals surface area contributed by atoms with Crippen LogP contribution in [0.4, 0.5) is 4.39 Å². The molecule has 0 aliphatic carbocycles. The molecule has 0 aliphatic rings.